The quantitative estimate of drug-likeness (QED) is 0.482. The second-order valence-corrected chi connectivity index (χ2v) is 4.38. The van der Waals surface area contributed by atoms with E-state index in [-0.39, 0.29) is 5.41 Å². The van der Waals surface area contributed by atoms with E-state index in [4.69, 9.17) is 0 Å². The van der Waals surface area contributed by atoms with Crippen LogP contribution < -0.4 is 0 Å². The van der Waals surface area contributed by atoms with Crippen molar-refractivity contribution in [1.82, 2.24) is 0 Å². The Hall–Kier alpha value is -0.303. The smallest absolute Gasteiger partial charge is 0.0574 e. The van der Waals surface area contributed by atoms with Gasteiger partial charge in [0.25, 0.3) is 0 Å². The highest BCUT2D eigenvalue weighted by atomic mass is 28.1. The maximum absolute atomic E-state index is 3.70. The third-order valence-corrected chi connectivity index (χ3v) is 4.06. The van der Waals surface area contributed by atoms with Crippen molar-refractivity contribution < 1.29 is 0 Å². The van der Waals surface area contributed by atoms with Crippen LogP contribution in [-0.4, -0.2) is 10.2 Å². The molecule has 0 aromatic carbocycles. The molecule has 1 aliphatic carbocycles. The van der Waals surface area contributed by atoms with Gasteiger partial charge < -0.3 is 0 Å². The SMILES string of the molecule is CC1=C(C)C(C)(C)C([Si+])=C1C. The van der Waals surface area contributed by atoms with Crippen molar-refractivity contribution >= 4 is 10.2 Å². The first-order chi connectivity index (χ1) is 4.89. The highest BCUT2D eigenvalue weighted by Crippen LogP contribution is 2.44. The minimum Gasteiger partial charge on any atom is -0.0574 e. The Labute approximate surface area is 72.8 Å². The lowest BCUT2D eigenvalue weighted by atomic mass is 9.87. The summed E-state index contributed by atoms with van der Waals surface area (Å²) < 4.78 is 0. The second kappa shape index (κ2) is 2.34. The van der Waals surface area contributed by atoms with Gasteiger partial charge in [0, 0.05) is 5.41 Å². The van der Waals surface area contributed by atoms with Crippen LogP contribution in [0.15, 0.2) is 21.9 Å². The summed E-state index contributed by atoms with van der Waals surface area (Å²) in [6.07, 6.45) is 0. The molecule has 0 saturated heterocycles. The summed E-state index contributed by atoms with van der Waals surface area (Å²) in [6.45, 7) is 11.1. The van der Waals surface area contributed by atoms with Crippen LogP contribution in [0.1, 0.15) is 34.6 Å². The Morgan fingerprint density at radius 3 is 1.55 bits per heavy atom. The summed E-state index contributed by atoms with van der Waals surface area (Å²) in [5, 5.41) is 1.34. The van der Waals surface area contributed by atoms with Crippen molar-refractivity contribution in [1.29, 1.82) is 0 Å². The lowest BCUT2D eigenvalue weighted by molar-refractivity contribution is 0.574. The first kappa shape index (κ1) is 8.79. The van der Waals surface area contributed by atoms with Crippen molar-refractivity contribution in [2.24, 2.45) is 5.41 Å². The zero-order valence-electron chi connectivity index (χ0n) is 8.00. The average molecular weight is 163 g/mol. The molecule has 0 amide bonds. The average Bonchev–Trinajstić information content (AvgIpc) is 2.06. The summed E-state index contributed by atoms with van der Waals surface area (Å²) >= 11 is 0. The number of hydrogen-bond acceptors (Lipinski definition) is 0. The molecule has 0 atom stereocenters. The van der Waals surface area contributed by atoms with Crippen molar-refractivity contribution in [2.45, 2.75) is 34.6 Å². The Kier molecular flexibility index (Phi) is 1.87. The predicted octanol–water partition coefficient (Wildman–Crippen LogP) is 2.81. The molecule has 0 aromatic heterocycles. The molecule has 1 aliphatic rings. The Balaban J connectivity index is 3.27. The van der Waals surface area contributed by atoms with Crippen LogP contribution >= 0.6 is 0 Å². The van der Waals surface area contributed by atoms with Gasteiger partial charge in [-0.15, -0.1) is 0 Å². The minimum absolute atomic E-state index is 0.227. The van der Waals surface area contributed by atoms with Gasteiger partial charge in [-0.05, 0) is 45.8 Å². The minimum atomic E-state index is 0.227. The molecule has 11 heavy (non-hydrogen) atoms. The Morgan fingerprint density at radius 2 is 1.45 bits per heavy atom. The molecule has 58 valence electrons. The van der Waals surface area contributed by atoms with E-state index >= 15 is 0 Å². The van der Waals surface area contributed by atoms with Gasteiger partial charge in [0.15, 0.2) is 0 Å². The van der Waals surface area contributed by atoms with Gasteiger partial charge in [-0.25, -0.2) is 0 Å². The standard InChI is InChI=1S/C10H15Si/c1-6-7(2)9(11)10(4,5)8(6)3/h1-5H3/q+1. The zero-order chi connectivity index (χ0) is 8.81. The lowest BCUT2D eigenvalue weighted by Crippen LogP contribution is -2.13. The predicted molar refractivity (Wildman–Crippen MR) is 50.6 cm³/mol. The van der Waals surface area contributed by atoms with E-state index < -0.39 is 0 Å². The maximum Gasteiger partial charge on any atom is 0.750 e. The van der Waals surface area contributed by atoms with Crippen LogP contribution in [0.5, 0.6) is 0 Å². The van der Waals surface area contributed by atoms with Crippen LogP contribution in [0.3, 0.4) is 0 Å². The molecule has 0 bridgehead atoms. The van der Waals surface area contributed by atoms with Crippen LogP contribution in [0, 0.1) is 5.41 Å². The van der Waals surface area contributed by atoms with Crippen molar-refractivity contribution in [3.8, 4) is 0 Å². The summed E-state index contributed by atoms with van der Waals surface area (Å²) in [5.74, 6) is 0. The molecular formula is C10H15Si+. The van der Waals surface area contributed by atoms with E-state index in [1.54, 1.807) is 0 Å². The van der Waals surface area contributed by atoms with Crippen LogP contribution in [0.25, 0.3) is 0 Å². The summed E-state index contributed by atoms with van der Waals surface area (Å²) in [6, 6.07) is 0. The topological polar surface area (TPSA) is 0 Å². The van der Waals surface area contributed by atoms with Crippen LogP contribution in [0.4, 0.5) is 0 Å². The van der Waals surface area contributed by atoms with Crippen molar-refractivity contribution in [2.75, 3.05) is 0 Å². The van der Waals surface area contributed by atoms with Gasteiger partial charge in [0.1, 0.15) is 5.20 Å². The summed E-state index contributed by atoms with van der Waals surface area (Å²) in [5.41, 5.74) is 4.56. The van der Waals surface area contributed by atoms with Gasteiger partial charge >= 0.3 is 10.2 Å². The van der Waals surface area contributed by atoms with Gasteiger partial charge in [0.2, 0.25) is 0 Å². The zero-order valence-corrected chi connectivity index (χ0v) is 9.00. The third kappa shape index (κ3) is 1.02. The maximum atomic E-state index is 3.70. The molecule has 0 aliphatic heterocycles. The molecule has 2 radical (unpaired) electrons. The molecule has 0 nitrogen and oxygen atoms in total. The Bertz CT molecular complexity index is 228. The molecular weight excluding hydrogens is 148 g/mol. The normalized spacial score (nSPS) is 23.4. The van der Waals surface area contributed by atoms with E-state index in [0.29, 0.717) is 0 Å². The molecule has 1 heteroatoms. The van der Waals surface area contributed by atoms with Gasteiger partial charge in [0.05, 0.1) is 0 Å². The summed E-state index contributed by atoms with van der Waals surface area (Å²) in [4.78, 5) is 0. The highest BCUT2D eigenvalue weighted by molar-refractivity contribution is 6.24. The van der Waals surface area contributed by atoms with Gasteiger partial charge in [-0.1, -0.05) is 5.57 Å². The lowest BCUT2D eigenvalue weighted by Gasteiger charge is -2.16. The van der Waals surface area contributed by atoms with Crippen molar-refractivity contribution in [3.05, 3.63) is 21.9 Å². The van der Waals surface area contributed by atoms with Crippen LogP contribution in [0.2, 0.25) is 0 Å². The molecule has 0 fully saturated rings. The van der Waals surface area contributed by atoms with E-state index in [9.17, 15) is 0 Å². The number of rotatable bonds is 0. The monoisotopic (exact) mass is 163 g/mol. The largest absolute Gasteiger partial charge is 0.750 e. The first-order valence-corrected chi connectivity index (χ1v) is 4.50. The molecule has 0 saturated carbocycles. The highest BCUT2D eigenvalue weighted by Gasteiger charge is 2.39. The number of hydrogen-bond donors (Lipinski definition) is 0. The van der Waals surface area contributed by atoms with Gasteiger partial charge in [-0.2, -0.15) is 0 Å². The van der Waals surface area contributed by atoms with Crippen LogP contribution in [-0.2, 0) is 0 Å². The summed E-state index contributed by atoms with van der Waals surface area (Å²) in [7, 11) is 3.70. The fraction of sp³-hybridized carbons (Fsp3) is 0.600. The van der Waals surface area contributed by atoms with Gasteiger partial charge in [-0.3, -0.25) is 0 Å². The molecule has 0 N–H and O–H groups in total. The first-order valence-electron chi connectivity index (χ1n) is 4.00. The number of allylic oxidation sites excluding steroid dienone is 4. The molecule has 0 spiro atoms. The molecule has 1 rings (SSSR count). The second-order valence-electron chi connectivity index (χ2n) is 3.88. The van der Waals surface area contributed by atoms with Crippen molar-refractivity contribution in [3.63, 3.8) is 0 Å². The molecule has 0 aromatic rings. The Morgan fingerprint density at radius 1 is 1.00 bits per heavy atom. The molecule has 0 unspecified atom stereocenters. The van der Waals surface area contributed by atoms with E-state index in [2.05, 4.69) is 44.9 Å². The third-order valence-electron chi connectivity index (χ3n) is 3.06. The molecule has 0 heterocycles. The van der Waals surface area contributed by atoms with E-state index in [1.807, 2.05) is 0 Å². The fourth-order valence-electron chi connectivity index (χ4n) is 1.59. The fourth-order valence-corrected chi connectivity index (χ4v) is 1.97. The van der Waals surface area contributed by atoms with E-state index in [1.165, 1.54) is 21.9 Å². The van der Waals surface area contributed by atoms with E-state index in [0.717, 1.165) is 0 Å².